The van der Waals surface area contributed by atoms with E-state index in [0.29, 0.717) is 0 Å². The van der Waals surface area contributed by atoms with Crippen molar-refractivity contribution in [3.05, 3.63) is 92.7 Å². The summed E-state index contributed by atoms with van der Waals surface area (Å²) >= 11 is 1.64. The summed E-state index contributed by atoms with van der Waals surface area (Å²) < 4.78 is 0. The van der Waals surface area contributed by atoms with Gasteiger partial charge in [0.25, 0.3) is 11.6 Å². The van der Waals surface area contributed by atoms with E-state index in [1.807, 2.05) is 53.2 Å². The Morgan fingerprint density at radius 3 is 2.44 bits per heavy atom. The van der Waals surface area contributed by atoms with Gasteiger partial charge in [-0.25, -0.2) is 0 Å². The van der Waals surface area contributed by atoms with Crippen LogP contribution in [0.15, 0.2) is 72.1 Å². The molecule has 3 aromatic rings. The van der Waals surface area contributed by atoms with Crippen LogP contribution < -0.4 is 10.6 Å². The zero-order valence-corrected chi connectivity index (χ0v) is 15.6. The van der Waals surface area contributed by atoms with E-state index in [4.69, 9.17) is 0 Å². The summed E-state index contributed by atoms with van der Waals surface area (Å²) in [4.78, 5) is 24.4. The maximum Gasteiger partial charge on any atom is 0.292 e. The van der Waals surface area contributed by atoms with Crippen LogP contribution in [0.1, 0.15) is 23.4 Å². The van der Waals surface area contributed by atoms with Crippen molar-refractivity contribution in [3.8, 4) is 0 Å². The number of quaternary nitrogens is 1. The van der Waals surface area contributed by atoms with Gasteiger partial charge < -0.3 is 10.6 Å². The van der Waals surface area contributed by atoms with Gasteiger partial charge in [0.05, 0.1) is 9.80 Å². The molecule has 0 radical (unpaired) electrons. The topological polar surface area (TPSA) is 88.8 Å². The number of carbonyl (C=O) groups excluding carboxylic acids is 1. The van der Waals surface area contributed by atoms with Crippen LogP contribution >= 0.6 is 11.3 Å². The van der Waals surface area contributed by atoms with Gasteiger partial charge in [0.2, 0.25) is 0 Å². The van der Waals surface area contributed by atoms with Gasteiger partial charge in [-0.3, -0.25) is 14.9 Å². The van der Waals surface area contributed by atoms with E-state index in [1.165, 1.54) is 12.1 Å². The number of hydrogen-bond acceptors (Lipinski definition) is 4. The molecule has 138 valence electrons. The summed E-state index contributed by atoms with van der Waals surface area (Å²) in [6.07, 6.45) is 0. The molecule has 0 aliphatic heterocycles. The molecule has 0 saturated carbocycles. The first kappa shape index (κ1) is 18.8. The Balaban J connectivity index is 1.77. The van der Waals surface area contributed by atoms with Crippen LogP contribution in [0, 0.1) is 10.1 Å². The largest absolute Gasteiger partial charge is 0.326 e. The van der Waals surface area contributed by atoms with Crippen LogP contribution in [0.4, 0.5) is 11.4 Å². The van der Waals surface area contributed by atoms with Crippen LogP contribution in [-0.4, -0.2) is 16.9 Å². The second kappa shape index (κ2) is 8.57. The first-order valence-corrected chi connectivity index (χ1v) is 9.42. The van der Waals surface area contributed by atoms with E-state index in [9.17, 15) is 14.9 Å². The van der Waals surface area contributed by atoms with Crippen molar-refractivity contribution in [1.29, 1.82) is 0 Å². The standard InChI is InChI=1S/C20H19N3O3S/c1-14(20(24)22-16-10-5-6-11-17(16)23(25)26)21-19(18-12-7-13-27-18)15-8-3-2-4-9-15/h2-14,19,21H,1H3,(H,22,24)/p+1/t14-,19-/m1/s1. The van der Waals surface area contributed by atoms with Crippen LogP contribution in [0.5, 0.6) is 0 Å². The molecule has 0 aliphatic rings. The van der Waals surface area contributed by atoms with Crippen molar-refractivity contribution in [2.45, 2.75) is 19.0 Å². The lowest BCUT2D eigenvalue weighted by molar-refractivity contribution is -0.703. The minimum atomic E-state index is -0.498. The van der Waals surface area contributed by atoms with Crippen molar-refractivity contribution >= 4 is 28.6 Å². The zero-order valence-electron chi connectivity index (χ0n) is 14.7. The summed E-state index contributed by atoms with van der Waals surface area (Å²) in [6.45, 7) is 1.80. The van der Waals surface area contributed by atoms with E-state index < -0.39 is 11.0 Å². The maximum absolute atomic E-state index is 12.7. The second-order valence-electron chi connectivity index (χ2n) is 6.15. The van der Waals surface area contributed by atoms with Gasteiger partial charge in [0.1, 0.15) is 11.7 Å². The number of nitro benzene ring substituents is 1. The van der Waals surface area contributed by atoms with Gasteiger partial charge in [-0.1, -0.05) is 48.5 Å². The Kier molecular flexibility index (Phi) is 5.95. The lowest BCUT2D eigenvalue weighted by Gasteiger charge is -2.19. The average Bonchev–Trinajstić information content (AvgIpc) is 3.21. The van der Waals surface area contributed by atoms with Gasteiger partial charge in [-0.2, -0.15) is 0 Å². The number of carbonyl (C=O) groups is 1. The monoisotopic (exact) mass is 382 g/mol. The number of rotatable bonds is 7. The first-order valence-electron chi connectivity index (χ1n) is 8.54. The van der Waals surface area contributed by atoms with Gasteiger partial charge in [-0.05, 0) is 24.4 Å². The van der Waals surface area contributed by atoms with E-state index >= 15 is 0 Å². The molecule has 27 heavy (non-hydrogen) atoms. The molecule has 3 N–H and O–H groups in total. The SMILES string of the molecule is C[C@@H]([NH2+][C@H](c1ccccc1)c1cccs1)C(=O)Nc1ccccc1[N+](=O)[O-]. The maximum atomic E-state index is 12.7. The minimum absolute atomic E-state index is 0.0160. The van der Waals surface area contributed by atoms with Crippen molar-refractivity contribution in [2.75, 3.05) is 5.32 Å². The number of anilines is 1. The van der Waals surface area contributed by atoms with Crippen molar-refractivity contribution in [1.82, 2.24) is 0 Å². The predicted molar refractivity (Wildman–Crippen MR) is 106 cm³/mol. The van der Waals surface area contributed by atoms with Crippen molar-refractivity contribution < 1.29 is 15.0 Å². The number of nitro groups is 1. The molecule has 1 heterocycles. The number of amides is 1. The number of nitrogens with two attached hydrogens (primary N) is 1. The summed E-state index contributed by atoms with van der Waals surface area (Å²) in [5, 5.41) is 17.8. The Labute approximate surface area is 161 Å². The summed E-state index contributed by atoms with van der Waals surface area (Å²) in [7, 11) is 0. The van der Waals surface area contributed by atoms with Gasteiger partial charge in [-0.15, -0.1) is 11.3 Å². The molecule has 1 aromatic heterocycles. The highest BCUT2D eigenvalue weighted by atomic mass is 32.1. The summed E-state index contributed by atoms with van der Waals surface area (Å²) in [5.41, 5.74) is 1.20. The zero-order chi connectivity index (χ0) is 19.2. The number of thiophene rings is 1. The molecule has 0 saturated heterocycles. The molecular weight excluding hydrogens is 362 g/mol. The van der Waals surface area contributed by atoms with Crippen molar-refractivity contribution in [2.24, 2.45) is 0 Å². The third-order valence-electron chi connectivity index (χ3n) is 4.26. The molecule has 0 aliphatic carbocycles. The average molecular weight is 382 g/mol. The van der Waals surface area contributed by atoms with E-state index in [-0.39, 0.29) is 23.3 Å². The van der Waals surface area contributed by atoms with E-state index in [1.54, 1.807) is 30.4 Å². The van der Waals surface area contributed by atoms with Crippen LogP contribution in [0.3, 0.4) is 0 Å². The van der Waals surface area contributed by atoms with Crippen molar-refractivity contribution in [3.63, 3.8) is 0 Å². The molecule has 2 aromatic carbocycles. The van der Waals surface area contributed by atoms with E-state index in [2.05, 4.69) is 5.32 Å². The van der Waals surface area contributed by atoms with Gasteiger partial charge >= 0.3 is 0 Å². The lowest BCUT2D eigenvalue weighted by atomic mass is 10.0. The number of nitrogens with one attached hydrogen (secondary N) is 1. The third kappa shape index (κ3) is 4.58. The molecular formula is C20H20N3O3S+. The summed E-state index contributed by atoms with van der Waals surface area (Å²) in [6, 6.07) is 19.7. The van der Waals surface area contributed by atoms with Crippen LogP contribution in [0.25, 0.3) is 0 Å². The number of para-hydroxylation sites is 2. The fraction of sp³-hybridized carbons (Fsp3) is 0.150. The number of hydrogen-bond donors (Lipinski definition) is 2. The first-order chi connectivity index (χ1) is 13.1. The Morgan fingerprint density at radius 2 is 1.78 bits per heavy atom. The molecule has 0 spiro atoms. The fourth-order valence-electron chi connectivity index (χ4n) is 2.86. The summed E-state index contributed by atoms with van der Waals surface area (Å²) in [5.74, 6) is -0.276. The Hall–Kier alpha value is -3.03. The van der Waals surface area contributed by atoms with Gasteiger partial charge in [0.15, 0.2) is 6.04 Å². The molecule has 1 amide bonds. The second-order valence-corrected chi connectivity index (χ2v) is 7.13. The van der Waals surface area contributed by atoms with E-state index in [0.717, 1.165) is 10.4 Å². The molecule has 2 atom stereocenters. The Morgan fingerprint density at radius 1 is 1.07 bits per heavy atom. The predicted octanol–water partition coefficient (Wildman–Crippen LogP) is 3.34. The molecule has 0 unspecified atom stereocenters. The third-order valence-corrected chi connectivity index (χ3v) is 5.22. The molecule has 3 rings (SSSR count). The highest BCUT2D eigenvalue weighted by Crippen LogP contribution is 2.24. The smallest absolute Gasteiger partial charge is 0.292 e. The van der Waals surface area contributed by atoms with Crippen LogP contribution in [0.2, 0.25) is 0 Å². The molecule has 6 nitrogen and oxygen atoms in total. The lowest BCUT2D eigenvalue weighted by Crippen LogP contribution is -2.92. The molecule has 0 fully saturated rings. The number of nitrogens with zero attached hydrogens (tertiary/aromatic N) is 1. The number of benzene rings is 2. The van der Waals surface area contributed by atoms with Crippen LogP contribution in [-0.2, 0) is 4.79 Å². The minimum Gasteiger partial charge on any atom is -0.326 e. The molecule has 0 bridgehead atoms. The quantitative estimate of drug-likeness (QED) is 0.485. The fourth-order valence-corrected chi connectivity index (χ4v) is 3.69. The van der Waals surface area contributed by atoms with Gasteiger partial charge in [0, 0.05) is 11.6 Å². The highest BCUT2D eigenvalue weighted by molar-refractivity contribution is 7.10. The molecule has 7 heteroatoms. The normalized spacial score (nSPS) is 12.9. The Bertz CT molecular complexity index is 913. The highest BCUT2D eigenvalue weighted by Gasteiger charge is 2.26.